The highest BCUT2D eigenvalue weighted by atomic mass is 19.4. The van der Waals surface area contributed by atoms with Gasteiger partial charge in [-0.1, -0.05) is 63.2 Å². The molecule has 5 rings (SSSR count). The second kappa shape index (κ2) is 11.3. The largest absolute Gasteiger partial charge is 0.507 e. The number of esters is 1. The standard InChI is InChI=1S/C34H33F3N2O4/c1-33(2,3)19-27(40)43-18-17-23-22-9-5-7-11-25(22)38-30(23)28(20-13-15-21(16-14-20)34(35,36)37)29-31(41)24-10-6-8-12-26(24)39(4)32(29)42/h5-16,28,38,41H,17-19H2,1-4H3. The summed E-state index contributed by atoms with van der Waals surface area (Å²) in [6.07, 6.45) is -4.03. The molecule has 5 aromatic rings. The molecule has 0 radical (unpaired) electrons. The van der Waals surface area contributed by atoms with Gasteiger partial charge in [0.05, 0.1) is 35.6 Å². The van der Waals surface area contributed by atoms with Crippen molar-refractivity contribution >= 4 is 27.8 Å². The highest BCUT2D eigenvalue weighted by Crippen LogP contribution is 2.42. The average Bonchev–Trinajstić information content (AvgIpc) is 3.30. The number of aromatic hydroxyl groups is 1. The first-order valence-electron chi connectivity index (χ1n) is 14.0. The number of carbonyl (C=O) groups excluding carboxylic acids is 1. The molecule has 9 heteroatoms. The van der Waals surface area contributed by atoms with Gasteiger partial charge in [-0.15, -0.1) is 0 Å². The van der Waals surface area contributed by atoms with Crippen molar-refractivity contribution in [3.63, 3.8) is 0 Å². The van der Waals surface area contributed by atoms with E-state index in [1.54, 1.807) is 31.3 Å². The molecular weight excluding hydrogens is 557 g/mol. The maximum Gasteiger partial charge on any atom is 0.416 e. The second-order valence-electron chi connectivity index (χ2n) is 12.0. The van der Waals surface area contributed by atoms with Crippen molar-refractivity contribution in [2.45, 2.75) is 45.7 Å². The number of carbonyl (C=O) groups is 1. The predicted octanol–water partition coefficient (Wildman–Crippen LogP) is 7.45. The maximum atomic E-state index is 13.9. The zero-order valence-corrected chi connectivity index (χ0v) is 24.4. The molecule has 0 saturated carbocycles. The van der Waals surface area contributed by atoms with E-state index < -0.39 is 23.2 Å². The van der Waals surface area contributed by atoms with Crippen molar-refractivity contribution in [2.75, 3.05) is 6.61 Å². The van der Waals surface area contributed by atoms with Crippen LogP contribution in [0, 0.1) is 5.41 Å². The number of para-hydroxylation sites is 2. The topological polar surface area (TPSA) is 84.3 Å². The Hall–Kier alpha value is -4.53. The Morgan fingerprint density at radius 2 is 1.58 bits per heavy atom. The Morgan fingerprint density at radius 3 is 2.23 bits per heavy atom. The molecule has 0 saturated heterocycles. The summed E-state index contributed by atoms with van der Waals surface area (Å²) in [5.41, 5.74) is 1.37. The van der Waals surface area contributed by atoms with E-state index in [1.165, 1.54) is 16.7 Å². The first kappa shape index (κ1) is 29.9. The van der Waals surface area contributed by atoms with Gasteiger partial charge in [0.1, 0.15) is 5.75 Å². The van der Waals surface area contributed by atoms with E-state index in [0.29, 0.717) is 22.2 Å². The van der Waals surface area contributed by atoms with Crippen LogP contribution >= 0.6 is 0 Å². The third-order valence-corrected chi connectivity index (χ3v) is 7.60. The SMILES string of the molecule is Cn1c(=O)c(C(c2ccc(C(F)(F)F)cc2)c2[nH]c3ccccc3c2CCOC(=O)CC(C)(C)C)c(O)c2ccccc21. The fourth-order valence-corrected chi connectivity index (χ4v) is 5.59. The van der Waals surface area contributed by atoms with Crippen molar-refractivity contribution in [3.05, 3.63) is 111 Å². The van der Waals surface area contributed by atoms with Crippen LogP contribution in [0.1, 0.15) is 61.1 Å². The monoisotopic (exact) mass is 590 g/mol. The van der Waals surface area contributed by atoms with E-state index in [4.69, 9.17) is 4.74 Å². The van der Waals surface area contributed by atoms with E-state index in [9.17, 15) is 27.9 Å². The molecule has 0 aliphatic rings. The van der Waals surface area contributed by atoms with Gasteiger partial charge in [-0.2, -0.15) is 13.2 Å². The predicted molar refractivity (Wildman–Crippen MR) is 160 cm³/mol. The van der Waals surface area contributed by atoms with Gasteiger partial charge in [0, 0.05) is 35.5 Å². The number of hydrogen-bond acceptors (Lipinski definition) is 4. The highest BCUT2D eigenvalue weighted by Gasteiger charge is 2.33. The molecule has 6 nitrogen and oxygen atoms in total. The summed E-state index contributed by atoms with van der Waals surface area (Å²) in [6.45, 7) is 5.89. The lowest BCUT2D eigenvalue weighted by atomic mass is 9.84. The van der Waals surface area contributed by atoms with Crippen molar-refractivity contribution in [1.29, 1.82) is 0 Å². The number of aromatic nitrogens is 2. The Morgan fingerprint density at radius 1 is 0.953 bits per heavy atom. The molecule has 43 heavy (non-hydrogen) atoms. The molecule has 0 aliphatic heterocycles. The second-order valence-corrected chi connectivity index (χ2v) is 12.0. The Kier molecular flexibility index (Phi) is 7.86. The van der Waals surface area contributed by atoms with Crippen molar-refractivity contribution in [3.8, 4) is 5.75 Å². The highest BCUT2D eigenvalue weighted by molar-refractivity contribution is 5.88. The number of nitrogens with one attached hydrogen (secondary N) is 1. The first-order valence-corrected chi connectivity index (χ1v) is 14.0. The molecule has 2 heterocycles. The average molecular weight is 591 g/mol. The molecule has 0 fully saturated rings. The summed E-state index contributed by atoms with van der Waals surface area (Å²) in [6, 6.07) is 19.0. The fraction of sp³-hybridized carbons (Fsp3) is 0.294. The number of rotatable bonds is 7. The van der Waals surface area contributed by atoms with E-state index in [0.717, 1.165) is 28.6 Å². The number of benzene rings is 3. The molecule has 2 aromatic heterocycles. The smallest absolute Gasteiger partial charge is 0.416 e. The zero-order valence-electron chi connectivity index (χ0n) is 24.4. The summed E-state index contributed by atoms with van der Waals surface area (Å²) in [4.78, 5) is 29.8. The molecule has 0 spiro atoms. The van der Waals surface area contributed by atoms with Crippen LogP contribution in [0.4, 0.5) is 13.2 Å². The molecule has 0 bridgehead atoms. The van der Waals surface area contributed by atoms with Crippen LogP contribution in [0.15, 0.2) is 77.6 Å². The number of pyridine rings is 1. The molecule has 0 aliphatic carbocycles. The van der Waals surface area contributed by atoms with Gasteiger partial charge in [-0.25, -0.2) is 0 Å². The number of fused-ring (bicyclic) bond motifs is 2. The number of nitrogens with zero attached hydrogens (tertiary/aromatic N) is 1. The summed E-state index contributed by atoms with van der Waals surface area (Å²) in [7, 11) is 1.60. The normalized spacial score (nSPS) is 13.0. The third kappa shape index (κ3) is 6.02. The van der Waals surface area contributed by atoms with Crippen molar-refractivity contribution in [2.24, 2.45) is 12.5 Å². The van der Waals surface area contributed by atoms with E-state index in [2.05, 4.69) is 4.98 Å². The number of ether oxygens (including phenoxy) is 1. The zero-order chi connectivity index (χ0) is 31.1. The van der Waals surface area contributed by atoms with Gasteiger partial charge in [-0.05, 0) is 46.9 Å². The Labute approximate surface area is 246 Å². The minimum Gasteiger partial charge on any atom is -0.507 e. The summed E-state index contributed by atoms with van der Waals surface area (Å²) < 4.78 is 47.5. The molecule has 1 atom stereocenters. The van der Waals surface area contributed by atoms with Gasteiger partial charge >= 0.3 is 12.1 Å². The van der Waals surface area contributed by atoms with E-state index in [-0.39, 0.29) is 42.1 Å². The molecule has 0 amide bonds. The minimum atomic E-state index is -4.54. The van der Waals surface area contributed by atoms with E-state index >= 15 is 0 Å². The minimum absolute atomic E-state index is 0.0264. The Balaban J connectivity index is 1.71. The van der Waals surface area contributed by atoms with Gasteiger partial charge in [0.2, 0.25) is 0 Å². The summed E-state index contributed by atoms with van der Waals surface area (Å²) >= 11 is 0. The third-order valence-electron chi connectivity index (χ3n) is 7.60. The quantitative estimate of drug-likeness (QED) is 0.193. The fourth-order valence-electron chi connectivity index (χ4n) is 5.59. The van der Waals surface area contributed by atoms with Crippen LogP contribution in [0.5, 0.6) is 5.75 Å². The van der Waals surface area contributed by atoms with Crippen molar-refractivity contribution < 1.29 is 27.8 Å². The van der Waals surface area contributed by atoms with Crippen LogP contribution in [0.25, 0.3) is 21.8 Å². The molecule has 3 aromatic carbocycles. The van der Waals surface area contributed by atoms with Crippen LogP contribution in [-0.2, 0) is 29.2 Å². The number of halogens is 3. The molecular formula is C34H33F3N2O4. The lowest BCUT2D eigenvalue weighted by molar-refractivity contribution is -0.145. The number of aromatic amines is 1. The summed E-state index contributed by atoms with van der Waals surface area (Å²) in [5.74, 6) is -1.54. The first-order chi connectivity index (χ1) is 20.3. The molecule has 224 valence electrons. The van der Waals surface area contributed by atoms with Crippen LogP contribution in [-0.4, -0.2) is 27.2 Å². The van der Waals surface area contributed by atoms with Crippen LogP contribution < -0.4 is 5.56 Å². The number of aryl methyl sites for hydroxylation is 1. The summed E-state index contributed by atoms with van der Waals surface area (Å²) in [5, 5.41) is 12.8. The van der Waals surface area contributed by atoms with Gasteiger partial charge in [0.25, 0.3) is 5.56 Å². The number of hydrogen-bond donors (Lipinski definition) is 2. The van der Waals surface area contributed by atoms with Crippen molar-refractivity contribution in [1.82, 2.24) is 9.55 Å². The van der Waals surface area contributed by atoms with Gasteiger partial charge in [0.15, 0.2) is 0 Å². The van der Waals surface area contributed by atoms with Crippen LogP contribution in [0.2, 0.25) is 0 Å². The Bertz CT molecular complexity index is 1860. The maximum absolute atomic E-state index is 13.9. The van der Waals surface area contributed by atoms with Crippen LogP contribution in [0.3, 0.4) is 0 Å². The van der Waals surface area contributed by atoms with Gasteiger partial charge in [-0.3, -0.25) is 9.59 Å². The number of H-pyrrole nitrogens is 1. The number of alkyl halides is 3. The lowest BCUT2D eigenvalue weighted by Gasteiger charge is -2.22. The lowest BCUT2D eigenvalue weighted by Crippen LogP contribution is -2.25. The molecule has 1 unspecified atom stereocenters. The molecule has 2 N–H and O–H groups in total. The van der Waals surface area contributed by atoms with Gasteiger partial charge < -0.3 is 19.4 Å². The van der Waals surface area contributed by atoms with E-state index in [1.807, 2.05) is 45.0 Å².